The number of nitriles is 1. The van der Waals surface area contributed by atoms with E-state index in [0.29, 0.717) is 49.6 Å². The number of aromatic nitrogens is 2. The van der Waals surface area contributed by atoms with E-state index in [1.165, 1.54) is 7.11 Å². The molecule has 1 fully saturated rings. The average molecular weight is 446 g/mol. The lowest BCUT2D eigenvalue weighted by Gasteiger charge is -2.35. The minimum Gasteiger partial charge on any atom is -0.496 e. The molecule has 1 aliphatic rings. The van der Waals surface area contributed by atoms with Crippen molar-refractivity contribution in [3.8, 4) is 11.8 Å². The number of amides is 1. The van der Waals surface area contributed by atoms with Crippen molar-refractivity contribution in [3.05, 3.63) is 83.4 Å². The number of methoxy groups -OCH3 is 1. The van der Waals surface area contributed by atoms with E-state index in [9.17, 15) is 9.90 Å². The summed E-state index contributed by atoms with van der Waals surface area (Å²) >= 11 is 0. The zero-order valence-electron chi connectivity index (χ0n) is 18.6. The van der Waals surface area contributed by atoms with Crippen LogP contribution in [0.4, 0.5) is 0 Å². The number of imidazole rings is 1. The molecule has 8 nitrogen and oxygen atoms in total. The molecule has 1 N–H and O–H groups in total. The molecule has 1 unspecified atom stereocenters. The molecular weight excluding hydrogens is 418 g/mol. The number of para-hydroxylation sites is 1. The summed E-state index contributed by atoms with van der Waals surface area (Å²) in [4.78, 5) is 21.2. The van der Waals surface area contributed by atoms with Crippen molar-refractivity contribution in [1.29, 1.82) is 5.26 Å². The molecule has 1 aromatic heterocycles. The van der Waals surface area contributed by atoms with Crippen molar-refractivity contribution in [2.24, 2.45) is 0 Å². The monoisotopic (exact) mass is 445 g/mol. The molecule has 0 saturated carbocycles. The van der Waals surface area contributed by atoms with Gasteiger partial charge in [0.1, 0.15) is 5.75 Å². The lowest BCUT2D eigenvalue weighted by atomic mass is 10.1. The second kappa shape index (κ2) is 10.3. The number of rotatable bonds is 7. The molecule has 33 heavy (non-hydrogen) atoms. The van der Waals surface area contributed by atoms with Crippen molar-refractivity contribution in [3.63, 3.8) is 0 Å². The first-order valence-corrected chi connectivity index (χ1v) is 10.9. The van der Waals surface area contributed by atoms with Crippen molar-refractivity contribution in [2.75, 3.05) is 33.3 Å². The third-order valence-electron chi connectivity index (χ3n) is 5.97. The maximum atomic E-state index is 12.9. The Hall–Kier alpha value is -3.67. The Labute approximate surface area is 193 Å². The van der Waals surface area contributed by atoms with Crippen LogP contribution in [0, 0.1) is 11.3 Å². The SMILES string of the molecule is COc1ccccc1C(O)C(=O)N1CCN(Cc2cncn2Cc2ccc(C#N)cc2)CC1. The standard InChI is InChI=1S/C25H27N5O3/c1-33-23-5-3-2-4-22(23)24(31)25(32)29-12-10-28(11-13-29)17-21-15-27-18-30(21)16-20-8-6-19(14-26)7-9-20/h2-9,15,18,24,31H,10-13,16-17H2,1H3. The van der Waals surface area contributed by atoms with Crippen LogP contribution < -0.4 is 4.74 Å². The molecule has 1 saturated heterocycles. The van der Waals surface area contributed by atoms with Crippen LogP contribution in [0.3, 0.4) is 0 Å². The van der Waals surface area contributed by atoms with Crippen LogP contribution in [0.5, 0.6) is 5.75 Å². The van der Waals surface area contributed by atoms with Crippen molar-refractivity contribution in [1.82, 2.24) is 19.4 Å². The highest BCUT2D eigenvalue weighted by Crippen LogP contribution is 2.26. The van der Waals surface area contributed by atoms with Gasteiger partial charge in [0.15, 0.2) is 6.10 Å². The molecule has 1 atom stereocenters. The molecule has 2 aromatic carbocycles. The molecule has 0 aliphatic carbocycles. The molecule has 0 spiro atoms. The Kier molecular flexibility index (Phi) is 7.03. The van der Waals surface area contributed by atoms with Crippen LogP contribution >= 0.6 is 0 Å². The highest BCUT2D eigenvalue weighted by molar-refractivity contribution is 5.83. The molecule has 3 aromatic rings. The van der Waals surface area contributed by atoms with Gasteiger partial charge in [0, 0.05) is 51.0 Å². The van der Waals surface area contributed by atoms with Crippen LogP contribution in [0.25, 0.3) is 0 Å². The van der Waals surface area contributed by atoms with Gasteiger partial charge in [-0.15, -0.1) is 0 Å². The number of nitrogens with zero attached hydrogens (tertiary/aromatic N) is 5. The first-order chi connectivity index (χ1) is 16.1. The number of hydrogen-bond acceptors (Lipinski definition) is 6. The van der Waals surface area contributed by atoms with E-state index in [1.807, 2.05) is 42.9 Å². The van der Waals surface area contributed by atoms with Crippen LogP contribution in [0.15, 0.2) is 61.1 Å². The summed E-state index contributed by atoms with van der Waals surface area (Å²) in [6, 6.07) is 16.7. The fourth-order valence-electron chi connectivity index (χ4n) is 4.06. The zero-order valence-corrected chi connectivity index (χ0v) is 18.6. The number of carbonyl (C=O) groups is 1. The van der Waals surface area contributed by atoms with Gasteiger partial charge in [-0.2, -0.15) is 5.26 Å². The summed E-state index contributed by atoms with van der Waals surface area (Å²) in [6.45, 7) is 3.94. The second-order valence-corrected chi connectivity index (χ2v) is 8.07. The van der Waals surface area contributed by atoms with Gasteiger partial charge in [-0.25, -0.2) is 4.98 Å². The molecule has 4 rings (SSSR count). The van der Waals surface area contributed by atoms with Gasteiger partial charge < -0.3 is 19.3 Å². The predicted molar refractivity (Wildman–Crippen MR) is 122 cm³/mol. The largest absolute Gasteiger partial charge is 0.496 e. The molecular formula is C25H27N5O3. The number of ether oxygens (including phenoxy) is 1. The molecule has 1 aliphatic heterocycles. The summed E-state index contributed by atoms with van der Waals surface area (Å²) in [5.41, 5.74) is 3.33. The summed E-state index contributed by atoms with van der Waals surface area (Å²) < 4.78 is 7.39. The van der Waals surface area contributed by atoms with E-state index >= 15 is 0 Å². The van der Waals surface area contributed by atoms with Gasteiger partial charge in [-0.1, -0.05) is 30.3 Å². The molecule has 8 heteroatoms. The van der Waals surface area contributed by atoms with Crippen molar-refractivity contribution in [2.45, 2.75) is 19.2 Å². The van der Waals surface area contributed by atoms with E-state index < -0.39 is 6.10 Å². The topological polar surface area (TPSA) is 94.6 Å². The third kappa shape index (κ3) is 5.22. The minimum absolute atomic E-state index is 0.301. The van der Waals surface area contributed by atoms with E-state index in [-0.39, 0.29) is 5.91 Å². The van der Waals surface area contributed by atoms with Gasteiger partial charge in [-0.05, 0) is 23.8 Å². The van der Waals surface area contributed by atoms with Crippen LogP contribution in [-0.4, -0.2) is 63.7 Å². The van der Waals surface area contributed by atoms with Gasteiger partial charge >= 0.3 is 0 Å². The smallest absolute Gasteiger partial charge is 0.256 e. The lowest BCUT2D eigenvalue weighted by molar-refractivity contribution is -0.142. The number of hydrogen-bond donors (Lipinski definition) is 1. The van der Waals surface area contributed by atoms with E-state index in [4.69, 9.17) is 10.00 Å². The highest BCUT2D eigenvalue weighted by Gasteiger charge is 2.29. The van der Waals surface area contributed by atoms with Gasteiger partial charge in [-0.3, -0.25) is 9.69 Å². The maximum absolute atomic E-state index is 12.9. The van der Waals surface area contributed by atoms with Crippen LogP contribution in [-0.2, 0) is 17.9 Å². The number of aliphatic hydroxyl groups is 1. The number of carbonyl (C=O) groups excluding carboxylic acids is 1. The van der Waals surface area contributed by atoms with Crippen LogP contribution in [0.2, 0.25) is 0 Å². The first-order valence-electron chi connectivity index (χ1n) is 10.9. The summed E-state index contributed by atoms with van der Waals surface area (Å²) in [5.74, 6) is 0.206. The number of benzene rings is 2. The fourth-order valence-corrected chi connectivity index (χ4v) is 4.06. The van der Waals surface area contributed by atoms with E-state index in [1.54, 1.807) is 23.1 Å². The second-order valence-electron chi connectivity index (χ2n) is 8.07. The summed E-state index contributed by atoms with van der Waals surface area (Å²) in [7, 11) is 1.53. The van der Waals surface area contributed by atoms with Crippen LogP contribution in [0.1, 0.15) is 28.5 Å². The Bertz CT molecular complexity index is 1130. The molecule has 0 radical (unpaired) electrons. The highest BCUT2D eigenvalue weighted by atomic mass is 16.5. The molecule has 1 amide bonds. The van der Waals surface area contributed by atoms with Crippen molar-refractivity contribution >= 4 is 5.91 Å². The third-order valence-corrected chi connectivity index (χ3v) is 5.97. The Morgan fingerprint density at radius 1 is 1.12 bits per heavy atom. The number of piperazine rings is 1. The molecule has 2 heterocycles. The normalized spacial score (nSPS) is 15.1. The zero-order chi connectivity index (χ0) is 23.2. The average Bonchev–Trinajstić information content (AvgIpc) is 3.30. The lowest BCUT2D eigenvalue weighted by Crippen LogP contribution is -2.49. The van der Waals surface area contributed by atoms with Gasteiger partial charge in [0.05, 0.1) is 30.8 Å². The summed E-state index contributed by atoms with van der Waals surface area (Å²) in [6.07, 6.45) is 2.45. The van der Waals surface area contributed by atoms with E-state index in [0.717, 1.165) is 17.8 Å². The van der Waals surface area contributed by atoms with Crippen molar-refractivity contribution < 1.29 is 14.6 Å². The molecule has 0 bridgehead atoms. The number of aliphatic hydroxyl groups excluding tert-OH is 1. The Morgan fingerprint density at radius 3 is 2.55 bits per heavy atom. The van der Waals surface area contributed by atoms with Gasteiger partial charge in [0.2, 0.25) is 0 Å². The Morgan fingerprint density at radius 2 is 1.85 bits per heavy atom. The van der Waals surface area contributed by atoms with Gasteiger partial charge in [0.25, 0.3) is 5.91 Å². The minimum atomic E-state index is -1.23. The quantitative estimate of drug-likeness (QED) is 0.599. The molecule has 170 valence electrons. The van der Waals surface area contributed by atoms with E-state index in [2.05, 4.69) is 20.5 Å². The predicted octanol–water partition coefficient (Wildman–Crippen LogP) is 2.19. The summed E-state index contributed by atoms with van der Waals surface area (Å²) in [5, 5.41) is 19.6. The maximum Gasteiger partial charge on any atom is 0.256 e. The first kappa shape index (κ1) is 22.5. The fraction of sp³-hybridized carbons (Fsp3) is 0.320. The Balaban J connectivity index is 1.33.